The van der Waals surface area contributed by atoms with Gasteiger partial charge >= 0.3 is 0 Å². The number of carbonyl (C=O) groups is 1. The highest BCUT2D eigenvalue weighted by Gasteiger charge is 2.22. The number of aromatic nitrogens is 5. The quantitative estimate of drug-likeness (QED) is 0.534. The summed E-state index contributed by atoms with van der Waals surface area (Å²) in [5, 5.41) is 28.2. The number of pyridine rings is 2. The fourth-order valence-corrected chi connectivity index (χ4v) is 3.66. The van der Waals surface area contributed by atoms with Crippen LogP contribution in [-0.2, 0) is 28.0 Å². The van der Waals surface area contributed by atoms with Gasteiger partial charge in [-0.3, -0.25) is 9.78 Å². The van der Waals surface area contributed by atoms with Gasteiger partial charge in [0.05, 0.1) is 28.6 Å². The van der Waals surface area contributed by atoms with Crippen molar-refractivity contribution in [3.63, 3.8) is 0 Å². The number of halogens is 1. The van der Waals surface area contributed by atoms with Crippen LogP contribution < -0.4 is 0 Å². The first-order valence-corrected chi connectivity index (χ1v) is 10.7. The van der Waals surface area contributed by atoms with Crippen LogP contribution in [0.4, 0.5) is 0 Å². The number of hydrogen-bond donors (Lipinski definition) is 1. The molecule has 0 spiro atoms. The summed E-state index contributed by atoms with van der Waals surface area (Å²) in [5.74, 6) is 0.210. The Morgan fingerprint density at radius 3 is 2.61 bits per heavy atom. The summed E-state index contributed by atoms with van der Waals surface area (Å²) in [5.41, 5.74) is 2.23. The molecule has 9 nitrogen and oxygen atoms in total. The van der Waals surface area contributed by atoms with E-state index >= 15 is 0 Å². The van der Waals surface area contributed by atoms with E-state index in [0.717, 1.165) is 0 Å². The minimum atomic E-state index is -1.15. The molecule has 0 amide bonds. The monoisotopic (exact) mass is 468 g/mol. The Morgan fingerprint density at radius 1 is 1.30 bits per heavy atom. The molecule has 1 atom stereocenters. The van der Waals surface area contributed by atoms with Gasteiger partial charge < -0.3 is 9.84 Å². The third-order valence-electron chi connectivity index (χ3n) is 5.24. The summed E-state index contributed by atoms with van der Waals surface area (Å²) in [4.78, 5) is 22.6. The molecule has 0 unspecified atom stereocenters. The number of aryl methyl sites for hydroxylation is 1. The maximum atomic E-state index is 12.8. The summed E-state index contributed by atoms with van der Waals surface area (Å²) in [7, 11) is 1.56. The lowest BCUT2D eigenvalue weighted by Gasteiger charge is -2.17. The molecule has 0 bridgehead atoms. The average Bonchev–Trinajstić information content (AvgIpc) is 3.24. The van der Waals surface area contributed by atoms with Crippen LogP contribution in [0, 0.1) is 18.3 Å². The minimum Gasteiger partial charge on any atom is -0.384 e. The minimum absolute atomic E-state index is 0.0822. The van der Waals surface area contributed by atoms with Crippen LogP contribution in [0.25, 0.3) is 5.82 Å². The molecule has 0 aliphatic rings. The largest absolute Gasteiger partial charge is 0.384 e. The number of nitrogens with zero attached hydrogens (tertiary/aromatic N) is 6. The van der Waals surface area contributed by atoms with E-state index in [2.05, 4.69) is 26.2 Å². The lowest BCUT2D eigenvalue weighted by Crippen LogP contribution is -2.17. The predicted octanol–water partition coefficient (Wildman–Crippen LogP) is 3.18. The second kappa shape index (κ2) is 9.75. The molecule has 0 saturated heterocycles. The number of ether oxygens (including phenoxy) is 1. The van der Waals surface area contributed by atoms with Crippen molar-refractivity contribution in [3.8, 4) is 11.9 Å². The molecule has 10 heteroatoms. The van der Waals surface area contributed by atoms with Gasteiger partial charge in [0.2, 0.25) is 0 Å². The van der Waals surface area contributed by atoms with Crippen molar-refractivity contribution in [2.75, 3.05) is 7.11 Å². The van der Waals surface area contributed by atoms with Crippen LogP contribution in [0.15, 0.2) is 24.7 Å². The fourth-order valence-electron chi connectivity index (χ4n) is 3.39. The first-order valence-electron chi connectivity index (χ1n) is 10.3. The van der Waals surface area contributed by atoms with E-state index in [1.54, 1.807) is 46.3 Å². The highest BCUT2D eigenvalue weighted by atomic mass is 35.5. The first kappa shape index (κ1) is 24.5. The van der Waals surface area contributed by atoms with Gasteiger partial charge in [0.1, 0.15) is 23.1 Å². The molecule has 0 aliphatic heterocycles. The zero-order chi connectivity index (χ0) is 24.3. The van der Waals surface area contributed by atoms with E-state index < -0.39 is 5.60 Å². The Labute approximate surface area is 197 Å². The van der Waals surface area contributed by atoms with Gasteiger partial charge in [-0.2, -0.15) is 10.4 Å². The van der Waals surface area contributed by atoms with Crippen molar-refractivity contribution in [1.82, 2.24) is 25.0 Å². The van der Waals surface area contributed by atoms with Crippen molar-refractivity contribution in [2.45, 2.75) is 52.2 Å². The Bertz CT molecular complexity index is 1230. The molecule has 0 aliphatic carbocycles. The van der Waals surface area contributed by atoms with Crippen LogP contribution >= 0.6 is 11.6 Å². The summed E-state index contributed by atoms with van der Waals surface area (Å²) in [6.07, 6.45) is 4.45. The molecule has 0 fully saturated rings. The molecule has 33 heavy (non-hydrogen) atoms. The predicted molar refractivity (Wildman–Crippen MR) is 121 cm³/mol. The Kier molecular flexibility index (Phi) is 7.22. The number of hydrogen-bond acceptors (Lipinski definition) is 8. The second-order valence-corrected chi connectivity index (χ2v) is 8.67. The zero-order valence-electron chi connectivity index (χ0n) is 19.1. The van der Waals surface area contributed by atoms with Crippen LogP contribution in [0.3, 0.4) is 0 Å². The first-order chi connectivity index (χ1) is 15.5. The number of methoxy groups -OCH3 is 1. The number of Topliss-reactive ketones (excluding diaryl/α,β-unsaturated/α-hetero) is 1. The molecule has 1 N–H and O–H groups in total. The van der Waals surface area contributed by atoms with Crippen LogP contribution in [0.5, 0.6) is 0 Å². The summed E-state index contributed by atoms with van der Waals surface area (Å²) in [6.45, 7) is 6.79. The SMILES string of the molecule is CO[C@H](C)c1c(CC(=O)Cc2cnc(-n3ncc(C(C)(C)O)n3)c(Cl)c2)cnc(C)c1C#N. The topological polar surface area (TPSA) is 127 Å². The molecule has 3 rings (SSSR count). The van der Waals surface area contributed by atoms with Crippen molar-refractivity contribution >= 4 is 17.4 Å². The van der Waals surface area contributed by atoms with E-state index in [9.17, 15) is 15.2 Å². The number of ketones is 1. The van der Waals surface area contributed by atoms with Crippen molar-refractivity contribution in [3.05, 3.63) is 63.3 Å². The number of carbonyl (C=O) groups excluding carboxylic acids is 1. The average molecular weight is 469 g/mol. The van der Waals surface area contributed by atoms with Crippen molar-refractivity contribution in [1.29, 1.82) is 5.26 Å². The van der Waals surface area contributed by atoms with Crippen LogP contribution in [-0.4, -0.2) is 43.0 Å². The Morgan fingerprint density at radius 2 is 2.03 bits per heavy atom. The maximum absolute atomic E-state index is 12.8. The maximum Gasteiger partial charge on any atom is 0.193 e. The molecule has 0 saturated carbocycles. The van der Waals surface area contributed by atoms with Crippen molar-refractivity contribution < 1.29 is 14.6 Å². The highest BCUT2D eigenvalue weighted by Crippen LogP contribution is 2.27. The van der Waals surface area contributed by atoms with Gasteiger partial charge in [-0.15, -0.1) is 9.90 Å². The van der Waals surface area contributed by atoms with E-state index in [4.69, 9.17) is 16.3 Å². The van der Waals surface area contributed by atoms with E-state index in [1.807, 2.05) is 6.92 Å². The third kappa shape index (κ3) is 5.42. The summed E-state index contributed by atoms with van der Waals surface area (Å²) >= 11 is 6.37. The zero-order valence-corrected chi connectivity index (χ0v) is 19.9. The normalized spacial score (nSPS) is 12.4. The molecule has 0 aromatic carbocycles. The van der Waals surface area contributed by atoms with Gasteiger partial charge in [-0.25, -0.2) is 4.98 Å². The van der Waals surface area contributed by atoms with Gasteiger partial charge in [-0.05, 0) is 44.9 Å². The molecular formula is C23H25ClN6O3. The fraction of sp³-hybridized carbons (Fsp3) is 0.391. The van der Waals surface area contributed by atoms with Crippen LogP contribution in [0.1, 0.15) is 60.5 Å². The Hall–Kier alpha value is -3.19. The number of aliphatic hydroxyl groups is 1. The summed E-state index contributed by atoms with van der Waals surface area (Å²) < 4.78 is 5.42. The molecule has 0 radical (unpaired) electrons. The smallest absolute Gasteiger partial charge is 0.193 e. The lowest BCUT2D eigenvalue weighted by molar-refractivity contribution is -0.117. The number of rotatable bonds is 8. The third-order valence-corrected chi connectivity index (χ3v) is 5.52. The van der Waals surface area contributed by atoms with Gasteiger partial charge in [0, 0.05) is 37.9 Å². The molecule has 3 heterocycles. The standard InChI is InChI=1S/C23H25ClN6O3/c1-13-18(9-25)21(14(2)33-5)16(11-26-13)8-17(31)6-15-7-19(24)22(27-10-15)30-28-12-20(29-30)23(3,4)32/h7,10-12,14,32H,6,8H2,1-5H3/t14-/m1/s1. The molecular weight excluding hydrogens is 444 g/mol. The van der Waals surface area contributed by atoms with Gasteiger partial charge in [0.25, 0.3) is 0 Å². The number of nitriles is 1. The van der Waals surface area contributed by atoms with E-state index in [0.29, 0.717) is 39.5 Å². The lowest BCUT2D eigenvalue weighted by atomic mass is 9.94. The highest BCUT2D eigenvalue weighted by molar-refractivity contribution is 6.32. The summed E-state index contributed by atoms with van der Waals surface area (Å²) in [6, 6.07) is 3.81. The Balaban J connectivity index is 1.80. The molecule has 3 aromatic heterocycles. The van der Waals surface area contributed by atoms with E-state index in [1.165, 1.54) is 11.0 Å². The van der Waals surface area contributed by atoms with Crippen molar-refractivity contribution in [2.24, 2.45) is 0 Å². The van der Waals surface area contributed by atoms with Gasteiger partial charge in [-0.1, -0.05) is 11.6 Å². The molecule has 3 aromatic rings. The second-order valence-electron chi connectivity index (χ2n) is 8.27. The molecule has 172 valence electrons. The van der Waals surface area contributed by atoms with Gasteiger partial charge in [0.15, 0.2) is 5.82 Å². The van der Waals surface area contributed by atoms with Crippen LogP contribution in [0.2, 0.25) is 5.02 Å². The van der Waals surface area contributed by atoms with E-state index in [-0.39, 0.29) is 29.8 Å².